The number of rotatable bonds is 4. The molecule has 0 bridgehead atoms. The third-order valence-corrected chi connectivity index (χ3v) is 3.67. The molecule has 2 rings (SSSR count). The monoisotopic (exact) mass is 348 g/mol. The Kier molecular flexibility index (Phi) is 5.29. The molecule has 0 saturated heterocycles. The second-order valence-corrected chi connectivity index (χ2v) is 7.02. The van der Waals surface area contributed by atoms with Crippen LogP contribution in [0, 0.1) is 12.3 Å². The van der Waals surface area contributed by atoms with Crippen LogP contribution in [-0.4, -0.2) is 21.8 Å². The molecule has 128 valence electrons. The summed E-state index contributed by atoms with van der Waals surface area (Å²) in [5, 5.41) is 5.84. The Balaban J connectivity index is 2.10. The number of nitrogens with zero attached hydrogens (tertiary/aromatic N) is 1. The van der Waals surface area contributed by atoms with Crippen LogP contribution in [0.4, 0.5) is 5.95 Å². The van der Waals surface area contributed by atoms with Gasteiger partial charge in [-0.25, -0.2) is 4.98 Å². The van der Waals surface area contributed by atoms with Gasteiger partial charge in [0.05, 0.1) is 10.6 Å². The van der Waals surface area contributed by atoms with Crippen LogP contribution in [0.5, 0.6) is 0 Å². The molecule has 0 radical (unpaired) electrons. The van der Waals surface area contributed by atoms with Gasteiger partial charge in [0.1, 0.15) is 0 Å². The first-order valence-electron chi connectivity index (χ1n) is 7.56. The van der Waals surface area contributed by atoms with Crippen LogP contribution in [0.1, 0.15) is 42.4 Å². The van der Waals surface area contributed by atoms with Crippen molar-refractivity contribution < 1.29 is 9.59 Å². The van der Waals surface area contributed by atoms with Gasteiger partial charge in [-0.15, -0.1) is 0 Å². The molecule has 24 heavy (non-hydrogen) atoms. The zero-order chi connectivity index (χ0) is 17.9. The third kappa shape index (κ3) is 4.58. The quantitative estimate of drug-likeness (QED) is 0.792. The number of nitrogens with one attached hydrogen (secondary N) is 3. The number of aryl methyl sites for hydroxylation is 1. The number of halogens is 1. The minimum atomic E-state index is -0.468. The van der Waals surface area contributed by atoms with Crippen molar-refractivity contribution in [1.82, 2.24) is 15.3 Å². The predicted octanol–water partition coefficient (Wildman–Crippen LogP) is 3.29. The standard InChI is InChI=1S/C17H21ClN4O2/c1-10-8-20-16(21-10)22-14(23)12-7-11(5-6-13(12)18)9-19-15(24)17(2,3)4/h5-8H,9H2,1-4H3,(H,19,24)(H2,20,21,22,23). The Bertz CT molecular complexity index is 762. The first-order valence-corrected chi connectivity index (χ1v) is 7.94. The molecule has 1 aromatic heterocycles. The molecule has 7 heteroatoms. The molecule has 0 unspecified atom stereocenters. The lowest BCUT2D eigenvalue weighted by molar-refractivity contribution is -0.128. The number of hydrogen-bond acceptors (Lipinski definition) is 3. The average Bonchev–Trinajstić information content (AvgIpc) is 2.90. The topological polar surface area (TPSA) is 86.9 Å². The van der Waals surface area contributed by atoms with Crippen molar-refractivity contribution in [2.24, 2.45) is 5.41 Å². The van der Waals surface area contributed by atoms with Crippen molar-refractivity contribution in [3.63, 3.8) is 0 Å². The van der Waals surface area contributed by atoms with Gasteiger partial charge in [0.25, 0.3) is 5.91 Å². The number of H-pyrrole nitrogens is 1. The van der Waals surface area contributed by atoms with E-state index in [1.165, 1.54) is 0 Å². The molecule has 2 aromatic rings. The summed E-state index contributed by atoms with van der Waals surface area (Å²) >= 11 is 6.12. The zero-order valence-corrected chi connectivity index (χ0v) is 14.9. The number of amides is 2. The zero-order valence-electron chi connectivity index (χ0n) is 14.2. The Labute approximate surface area is 146 Å². The normalized spacial score (nSPS) is 11.2. The van der Waals surface area contributed by atoms with Gasteiger partial charge in [-0.1, -0.05) is 38.4 Å². The molecule has 1 aromatic carbocycles. The second kappa shape index (κ2) is 7.05. The van der Waals surface area contributed by atoms with Gasteiger partial charge in [-0.05, 0) is 24.6 Å². The van der Waals surface area contributed by atoms with Crippen molar-refractivity contribution in [2.75, 3.05) is 5.32 Å². The summed E-state index contributed by atoms with van der Waals surface area (Å²) in [5.74, 6) is -0.0622. The summed E-state index contributed by atoms with van der Waals surface area (Å²) in [6.07, 6.45) is 1.62. The number of imidazole rings is 1. The number of aromatic amines is 1. The number of benzene rings is 1. The molecule has 0 aliphatic heterocycles. The molecule has 0 aliphatic carbocycles. The fourth-order valence-corrected chi connectivity index (χ4v) is 2.16. The molecule has 0 fully saturated rings. The summed E-state index contributed by atoms with van der Waals surface area (Å²) in [6, 6.07) is 5.08. The largest absolute Gasteiger partial charge is 0.352 e. The fourth-order valence-electron chi connectivity index (χ4n) is 1.95. The Morgan fingerprint density at radius 2 is 2.00 bits per heavy atom. The number of anilines is 1. The van der Waals surface area contributed by atoms with Crippen LogP contribution in [-0.2, 0) is 11.3 Å². The van der Waals surface area contributed by atoms with Crippen molar-refractivity contribution >= 4 is 29.4 Å². The highest BCUT2D eigenvalue weighted by molar-refractivity contribution is 6.34. The highest BCUT2D eigenvalue weighted by atomic mass is 35.5. The molecule has 0 aliphatic rings. The maximum Gasteiger partial charge on any atom is 0.259 e. The molecular weight excluding hydrogens is 328 g/mol. The van der Waals surface area contributed by atoms with E-state index in [0.717, 1.165) is 11.3 Å². The van der Waals surface area contributed by atoms with E-state index in [-0.39, 0.29) is 11.8 Å². The van der Waals surface area contributed by atoms with Gasteiger partial charge in [-0.2, -0.15) is 0 Å². The maximum atomic E-state index is 12.4. The van der Waals surface area contributed by atoms with Crippen LogP contribution in [0.25, 0.3) is 0 Å². The van der Waals surface area contributed by atoms with E-state index < -0.39 is 5.41 Å². The van der Waals surface area contributed by atoms with Crippen LogP contribution in [0.15, 0.2) is 24.4 Å². The van der Waals surface area contributed by atoms with Crippen molar-refractivity contribution in [1.29, 1.82) is 0 Å². The van der Waals surface area contributed by atoms with Gasteiger partial charge in [0.15, 0.2) is 0 Å². The molecule has 0 spiro atoms. The molecule has 0 saturated carbocycles. The first kappa shape index (κ1) is 18.0. The van der Waals surface area contributed by atoms with Gasteiger partial charge in [0.2, 0.25) is 11.9 Å². The summed E-state index contributed by atoms with van der Waals surface area (Å²) in [6.45, 7) is 7.69. The summed E-state index contributed by atoms with van der Waals surface area (Å²) < 4.78 is 0. The Morgan fingerprint density at radius 3 is 2.58 bits per heavy atom. The number of hydrogen-bond donors (Lipinski definition) is 3. The van der Waals surface area contributed by atoms with Crippen molar-refractivity contribution in [3.8, 4) is 0 Å². The minimum absolute atomic E-state index is 0.0606. The van der Waals surface area contributed by atoms with Gasteiger partial charge >= 0.3 is 0 Å². The Hall–Kier alpha value is -2.34. The molecule has 6 nitrogen and oxygen atoms in total. The first-order chi connectivity index (χ1) is 11.2. The fraction of sp³-hybridized carbons (Fsp3) is 0.353. The van der Waals surface area contributed by atoms with Crippen LogP contribution < -0.4 is 10.6 Å². The van der Waals surface area contributed by atoms with E-state index in [4.69, 9.17) is 11.6 Å². The van der Waals surface area contributed by atoms with Crippen molar-refractivity contribution in [2.45, 2.75) is 34.2 Å². The lowest BCUT2D eigenvalue weighted by Gasteiger charge is -2.18. The number of carbonyl (C=O) groups is 2. The number of aromatic nitrogens is 2. The van der Waals surface area contributed by atoms with E-state index in [1.54, 1.807) is 24.4 Å². The van der Waals surface area contributed by atoms with Gasteiger partial charge < -0.3 is 10.3 Å². The van der Waals surface area contributed by atoms with Crippen LogP contribution >= 0.6 is 11.6 Å². The van der Waals surface area contributed by atoms with E-state index in [0.29, 0.717) is 23.1 Å². The maximum absolute atomic E-state index is 12.4. The van der Waals surface area contributed by atoms with Crippen LogP contribution in [0.2, 0.25) is 5.02 Å². The van der Waals surface area contributed by atoms with E-state index >= 15 is 0 Å². The van der Waals surface area contributed by atoms with Crippen molar-refractivity contribution in [3.05, 3.63) is 46.2 Å². The van der Waals surface area contributed by atoms with Crippen LogP contribution in [0.3, 0.4) is 0 Å². The summed E-state index contributed by atoms with van der Waals surface area (Å²) in [7, 11) is 0. The molecule has 0 atom stereocenters. The van der Waals surface area contributed by atoms with Gasteiger partial charge in [-0.3, -0.25) is 14.9 Å². The van der Waals surface area contributed by atoms with Gasteiger partial charge in [0, 0.05) is 23.9 Å². The molecule has 1 heterocycles. The predicted molar refractivity (Wildman–Crippen MR) is 94.0 cm³/mol. The van der Waals surface area contributed by atoms with E-state index in [9.17, 15) is 9.59 Å². The smallest absolute Gasteiger partial charge is 0.259 e. The minimum Gasteiger partial charge on any atom is -0.352 e. The third-order valence-electron chi connectivity index (χ3n) is 3.34. The molecular formula is C17H21ClN4O2. The lowest BCUT2D eigenvalue weighted by Crippen LogP contribution is -2.34. The average molecular weight is 349 g/mol. The van der Waals surface area contributed by atoms with E-state index in [1.807, 2.05) is 27.7 Å². The SMILES string of the molecule is Cc1cnc(NC(=O)c2cc(CNC(=O)C(C)(C)C)ccc2Cl)[nH]1. The lowest BCUT2D eigenvalue weighted by atomic mass is 9.95. The summed E-state index contributed by atoms with van der Waals surface area (Å²) in [4.78, 5) is 31.2. The molecule has 3 N–H and O–H groups in total. The molecule has 2 amide bonds. The highest BCUT2D eigenvalue weighted by Crippen LogP contribution is 2.19. The van der Waals surface area contributed by atoms with E-state index in [2.05, 4.69) is 20.6 Å². The highest BCUT2D eigenvalue weighted by Gasteiger charge is 2.21. The Morgan fingerprint density at radius 1 is 1.29 bits per heavy atom. The second-order valence-electron chi connectivity index (χ2n) is 6.62. The number of carbonyl (C=O) groups excluding carboxylic acids is 2. The summed E-state index contributed by atoms with van der Waals surface area (Å²) in [5.41, 5.74) is 1.49.